The summed E-state index contributed by atoms with van der Waals surface area (Å²) >= 11 is 0. The van der Waals surface area contributed by atoms with E-state index in [9.17, 15) is 9.59 Å². The Labute approximate surface area is 190 Å². The smallest absolute Gasteiger partial charge is 0.243 e. The van der Waals surface area contributed by atoms with Crippen molar-refractivity contribution in [3.05, 3.63) is 72.6 Å². The Morgan fingerprint density at radius 1 is 0.939 bits per heavy atom. The van der Waals surface area contributed by atoms with E-state index in [4.69, 9.17) is 5.21 Å². The average Bonchev–Trinajstić information content (AvgIpc) is 3.29. The molecule has 9 nitrogen and oxygen atoms in total. The minimum Gasteiger partial charge on any atom is -0.365 e. The van der Waals surface area contributed by atoms with Gasteiger partial charge in [-0.2, -0.15) is 0 Å². The van der Waals surface area contributed by atoms with Gasteiger partial charge in [0.2, 0.25) is 11.8 Å². The summed E-state index contributed by atoms with van der Waals surface area (Å²) in [4.78, 5) is 35.1. The summed E-state index contributed by atoms with van der Waals surface area (Å²) in [6.45, 7) is 0.659. The van der Waals surface area contributed by atoms with E-state index in [0.717, 1.165) is 33.7 Å². The van der Waals surface area contributed by atoms with Crippen molar-refractivity contribution in [2.45, 2.75) is 25.8 Å². The lowest BCUT2D eigenvalue weighted by molar-refractivity contribution is -0.129. The van der Waals surface area contributed by atoms with Gasteiger partial charge in [-0.15, -0.1) is 0 Å². The van der Waals surface area contributed by atoms with Crippen LogP contribution in [-0.4, -0.2) is 32.0 Å². The van der Waals surface area contributed by atoms with Gasteiger partial charge in [-0.25, -0.2) is 15.4 Å². The van der Waals surface area contributed by atoms with Crippen molar-refractivity contribution in [2.75, 3.05) is 10.6 Å². The fraction of sp³-hybridized carbons (Fsp3) is 0.167. The molecule has 4 aromatic rings. The molecule has 0 spiro atoms. The van der Waals surface area contributed by atoms with Crippen LogP contribution in [0.4, 0.5) is 11.5 Å². The minimum atomic E-state index is -0.506. The topological polar surface area (TPSA) is 132 Å². The Balaban J connectivity index is 1.41. The molecule has 0 bridgehead atoms. The van der Waals surface area contributed by atoms with Crippen molar-refractivity contribution in [3.63, 3.8) is 0 Å². The first kappa shape index (κ1) is 22.0. The van der Waals surface area contributed by atoms with Gasteiger partial charge in [-0.1, -0.05) is 42.5 Å². The summed E-state index contributed by atoms with van der Waals surface area (Å²) in [5, 5.41) is 15.5. The number of amides is 2. The molecule has 0 aliphatic carbocycles. The lowest BCUT2D eigenvalue weighted by Gasteiger charge is -2.06. The molecule has 0 atom stereocenters. The molecule has 9 heteroatoms. The van der Waals surface area contributed by atoms with Gasteiger partial charge in [0.05, 0.1) is 5.39 Å². The predicted molar refractivity (Wildman–Crippen MR) is 126 cm³/mol. The van der Waals surface area contributed by atoms with Gasteiger partial charge in [0.25, 0.3) is 0 Å². The van der Waals surface area contributed by atoms with Crippen molar-refractivity contribution < 1.29 is 14.8 Å². The van der Waals surface area contributed by atoms with Gasteiger partial charge in [-0.3, -0.25) is 14.8 Å². The molecule has 4 rings (SSSR count). The third kappa shape index (κ3) is 5.72. The maximum atomic E-state index is 12.0. The third-order valence-electron chi connectivity index (χ3n) is 5.14. The van der Waals surface area contributed by atoms with Crippen molar-refractivity contribution >= 4 is 34.4 Å². The van der Waals surface area contributed by atoms with Gasteiger partial charge in [0.15, 0.2) is 0 Å². The first-order chi connectivity index (χ1) is 16.1. The second-order valence-corrected chi connectivity index (χ2v) is 7.52. The molecule has 168 valence electrons. The molecule has 0 fully saturated rings. The van der Waals surface area contributed by atoms with E-state index in [1.165, 1.54) is 6.33 Å². The molecule has 0 unspecified atom stereocenters. The van der Waals surface area contributed by atoms with Gasteiger partial charge < -0.3 is 15.6 Å². The fourth-order valence-electron chi connectivity index (χ4n) is 3.44. The van der Waals surface area contributed by atoms with Gasteiger partial charge in [0.1, 0.15) is 17.8 Å². The molecule has 2 amide bonds. The van der Waals surface area contributed by atoms with Crippen LogP contribution in [0.1, 0.15) is 24.8 Å². The van der Waals surface area contributed by atoms with E-state index in [-0.39, 0.29) is 18.7 Å². The number of aromatic nitrogens is 3. The first-order valence-electron chi connectivity index (χ1n) is 10.6. The van der Waals surface area contributed by atoms with Crippen LogP contribution in [0, 0.1) is 0 Å². The lowest BCUT2D eigenvalue weighted by Crippen LogP contribution is -2.19. The highest BCUT2D eigenvalue weighted by Gasteiger charge is 2.10. The van der Waals surface area contributed by atoms with Gasteiger partial charge in [0, 0.05) is 30.8 Å². The summed E-state index contributed by atoms with van der Waals surface area (Å²) in [6.07, 6.45) is 2.16. The number of fused-ring (bicyclic) bond motifs is 1. The number of carbonyl (C=O) groups is 2. The first-order valence-corrected chi connectivity index (χ1v) is 10.6. The number of rotatable bonds is 9. The third-order valence-corrected chi connectivity index (χ3v) is 5.14. The van der Waals surface area contributed by atoms with Crippen LogP contribution in [0.15, 0.2) is 67.0 Å². The van der Waals surface area contributed by atoms with Crippen molar-refractivity contribution in [3.8, 4) is 11.3 Å². The summed E-state index contributed by atoms with van der Waals surface area (Å²) in [5.74, 6) is 0.0576. The maximum Gasteiger partial charge on any atom is 0.243 e. The van der Waals surface area contributed by atoms with Crippen LogP contribution in [0.25, 0.3) is 22.3 Å². The number of nitrogens with zero attached hydrogens (tertiary/aromatic N) is 2. The monoisotopic (exact) mass is 444 g/mol. The second kappa shape index (κ2) is 10.4. The van der Waals surface area contributed by atoms with Crippen molar-refractivity contribution in [2.24, 2.45) is 0 Å². The van der Waals surface area contributed by atoms with Crippen molar-refractivity contribution in [1.29, 1.82) is 0 Å². The number of benzene rings is 2. The summed E-state index contributed by atoms with van der Waals surface area (Å²) in [6, 6.07) is 19.6. The second-order valence-electron chi connectivity index (χ2n) is 7.52. The number of hydrogen-bond donors (Lipinski definition) is 5. The van der Waals surface area contributed by atoms with Crippen LogP contribution in [0.5, 0.6) is 0 Å². The normalized spacial score (nSPS) is 10.7. The van der Waals surface area contributed by atoms with Gasteiger partial charge in [-0.05, 0) is 35.7 Å². The Morgan fingerprint density at radius 3 is 2.45 bits per heavy atom. The molecule has 0 aliphatic heterocycles. The Kier molecular flexibility index (Phi) is 6.91. The zero-order valence-electron chi connectivity index (χ0n) is 17.8. The summed E-state index contributed by atoms with van der Waals surface area (Å²) in [7, 11) is 0. The van der Waals surface area contributed by atoms with E-state index >= 15 is 0 Å². The SMILES string of the molecule is O=C(CCCC(=O)Nc1ccc(-c2cc3c(NCc4ccccc4)ncnc3[nH]2)cc1)NO. The lowest BCUT2D eigenvalue weighted by atomic mass is 10.1. The van der Waals surface area contributed by atoms with Crippen LogP contribution in [0.2, 0.25) is 0 Å². The molecular formula is C24H24N6O3. The quantitative estimate of drug-likeness (QED) is 0.197. The number of carbonyl (C=O) groups excluding carboxylic acids is 2. The number of aromatic amines is 1. The number of H-pyrrole nitrogens is 1. The standard InChI is InChI=1S/C24H24N6O3/c31-21(7-4-8-22(32)30-33)28-18-11-9-17(10-12-18)20-13-19-23(26-15-27-24(19)29-20)25-14-16-5-2-1-3-6-16/h1-3,5-6,9-13,15,33H,4,7-8,14H2,(H,28,31)(H,30,32)(H2,25,26,27,29). The fourth-order valence-corrected chi connectivity index (χ4v) is 3.44. The predicted octanol–water partition coefficient (Wildman–Crippen LogP) is 3.85. The highest BCUT2D eigenvalue weighted by atomic mass is 16.5. The molecule has 0 saturated heterocycles. The Hall–Kier alpha value is -4.24. The van der Waals surface area contributed by atoms with E-state index in [0.29, 0.717) is 18.7 Å². The maximum absolute atomic E-state index is 12.0. The summed E-state index contributed by atoms with van der Waals surface area (Å²) in [5.41, 5.74) is 5.95. The molecule has 0 aliphatic rings. The summed E-state index contributed by atoms with van der Waals surface area (Å²) < 4.78 is 0. The van der Waals surface area contributed by atoms with E-state index < -0.39 is 5.91 Å². The highest BCUT2D eigenvalue weighted by molar-refractivity contribution is 5.93. The number of hydroxylamine groups is 1. The zero-order chi connectivity index (χ0) is 23.0. The van der Waals surface area contributed by atoms with E-state index in [1.54, 1.807) is 5.48 Å². The molecule has 2 aromatic carbocycles. The minimum absolute atomic E-state index is 0.0916. The van der Waals surface area contributed by atoms with Crippen LogP contribution < -0.4 is 16.1 Å². The van der Waals surface area contributed by atoms with E-state index in [2.05, 4.69) is 37.7 Å². The molecule has 0 saturated carbocycles. The zero-order valence-corrected chi connectivity index (χ0v) is 17.8. The van der Waals surface area contributed by atoms with Crippen molar-refractivity contribution in [1.82, 2.24) is 20.4 Å². The van der Waals surface area contributed by atoms with E-state index in [1.807, 2.05) is 48.5 Å². The van der Waals surface area contributed by atoms with Crippen LogP contribution in [-0.2, 0) is 16.1 Å². The molecule has 5 N–H and O–H groups in total. The molecule has 2 heterocycles. The molecule has 0 radical (unpaired) electrons. The average molecular weight is 444 g/mol. The molecular weight excluding hydrogens is 420 g/mol. The number of hydrogen-bond acceptors (Lipinski definition) is 6. The number of nitrogens with one attached hydrogen (secondary N) is 4. The molecule has 33 heavy (non-hydrogen) atoms. The largest absolute Gasteiger partial charge is 0.365 e. The number of anilines is 2. The Bertz CT molecular complexity index is 1240. The van der Waals surface area contributed by atoms with Crippen LogP contribution >= 0.6 is 0 Å². The van der Waals surface area contributed by atoms with Crippen LogP contribution in [0.3, 0.4) is 0 Å². The Morgan fingerprint density at radius 2 is 1.70 bits per heavy atom. The highest BCUT2D eigenvalue weighted by Crippen LogP contribution is 2.28. The van der Waals surface area contributed by atoms with Gasteiger partial charge >= 0.3 is 0 Å². The molecule has 2 aromatic heterocycles.